The Kier molecular flexibility index (Phi) is 4.11. The van der Waals surface area contributed by atoms with Crippen molar-refractivity contribution in [3.8, 4) is 0 Å². The van der Waals surface area contributed by atoms with Gasteiger partial charge in [-0.05, 0) is 29.7 Å². The zero-order valence-corrected chi connectivity index (χ0v) is 11.2. The molecule has 1 heterocycles. The van der Waals surface area contributed by atoms with Crippen LogP contribution in [0.15, 0.2) is 23.6 Å². The maximum absolute atomic E-state index is 11.6. The fourth-order valence-corrected chi connectivity index (χ4v) is 2.05. The molecule has 7 heteroatoms. The number of carbonyl (C=O) groups is 1. The second-order valence-electron chi connectivity index (χ2n) is 3.52. The highest BCUT2D eigenvalue weighted by molar-refractivity contribution is 7.03. The molecule has 1 aromatic heterocycles. The standard InChI is InChI=1S/C11H11ClN4OS/c1-13-11(17)9-4-7(2-3-10(9)12)14-5-8-6-18-16-15-8/h2-4,6,14H,5H2,1H3,(H,13,17). The quantitative estimate of drug-likeness (QED) is 0.902. The maximum atomic E-state index is 11.6. The van der Waals surface area contributed by atoms with E-state index in [1.165, 1.54) is 11.5 Å². The Balaban J connectivity index is 2.12. The zero-order chi connectivity index (χ0) is 13.0. The zero-order valence-electron chi connectivity index (χ0n) is 9.61. The lowest BCUT2D eigenvalue weighted by atomic mass is 10.2. The topological polar surface area (TPSA) is 66.9 Å². The second-order valence-corrected chi connectivity index (χ2v) is 4.54. The summed E-state index contributed by atoms with van der Waals surface area (Å²) in [6.07, 6.45) is 0. The van der Waals surface area contributed by atoms with Crippen LogP contribution < -0.4 is 10.6 Å². The molecule has 2 N–H and O–H groups in total. The highest BCUT2D eigenvalue weighted by Gasteiger charge is 2.09. The van der Waals surface area contributed by atoms with Crippen LogP contribution in [0.4, 0.5) is 5.69 Å². The number of halogens is 1. The average Bonchev–Trinajstić information content (AvgIpc) is 2.90. The smallest absolute Gasteiger partial charge is 0.252 e. The van der Waals surface area contributed by atoms with Crippen LogP contribution in [-0.2, 0) is 6.54 Å². The lowest BCUT2D eigenvalue weighted by Crippen LogP contribution is -2.18. The number of hydrogen-bond acceptors (Lipinski definition) is 5. The average molecular weight is 283 g/mol. The molecule has 0 aliphatic carbocycles. The first-order valence-electron chi connectivity index (χ1n) is 5.22. The minimum atomic E-state index is -0.209. The molecule has 0 unspecified atom stereocenters. The predicted octanol–water partition coefficient (Wildman–Crippen LogP) is 2.16. The molecule has 0 bridgehead atoms. The van der Waals surface area contributed by atoms with E-state index in [2.05, 4.69) is 20.2 Å². The SMILES string of the molecule is CNC(=O)c1cc(NCc2csnn2)ccc1Cl. The lowest BCUT2D eigenvalue weighted by molar-refractivity contribution is 0.0963. The summed E-state index contributed by atoms with van der Waals surface area (Å²) in [5, 5.41) is 11.9. The predicted molar refractivity (Wildman–Crippen MR) is 72.1 cm³/mol. The van der Waals surface area contributed by atoms with Gasteiger partial charge in [0.15, 0.2) is 0 Å². The Morgan fingerprint density at radius 2 is 2.33 bits per heavy atom. The van der Waals surface area contributed by atoms with Crippen LogP contribution in [0.3, 0.4) is 0 Å². The molecule has 0 saturated carbocycles. The van der Waals surface area contributed by atoms with Gasteiger partial charge < -0.3 is 10.6 Å². The summed E-state index contributed by atoms with van der Waals surface area (Å²) in [6, 6.07) is 5.21. The van der Waals surface area contributed by atoms with Gasteiger partial charge >= 0.3 is 0 Å². The van der Waals surface area contributed by atoms with Gasteiger partial charge in [-0.1, -0.05) is 16.1 Å². The molecule has 0 fully saturated rings. The van der Waals surface area contributed by atoms with Gasteiger partial charge in [-0.15, -0.1) is 5.10 Å². The van der Waals surface area contributed by atoms with E-state index in [9.17, 15) is 4.79 Å². The number of anilines is 1. The molecule has 0 atom stereocenters. The van der Waals surface area contributed by atoms with Crippen molar-refractivity contribution in [2.75, 3.05) is 12.4 Å². The van der Waals surface area contributed by atoms with Gasteiger partial charge in [-0.2, -0.15) is 0 Å². The number of amides is 1. The van der Waals surface area contributed by atoms with Crippen LogP contribution in [0.2, 0.25) is 5.02 Å². The number of carbonyl (C=O) groups excluding carboxylic acids is 1. The molecule has 2 aromatic rings. The second kappa shape index (κ2) is 5.79. The van der Waals surface area contributed by atoms with Crippen molar-refractivity contribution in [2.24, 2.45) is 0 Å². The van der Waals surface area contributed by atoms with Crippen molar-refractivity contribution in [3.05, 3.63) is 39.9 Å². The van der Waals surface area contributed by atoms with Gasteiger partial charge in [0, 0.05) is 18.1 Å². The molecule has 1 aromatic carbocycles. The summed E-state index contributed by atoms with van der Waals surface area (Å²) < 4.78 is 3.77. The minimum Gasteiger partial charge on any atom is -0.379 e. The maximum Gasteiger partial charge on any atom is 0.252 e. The highest BCUT2D eigenvalue weighted by atomic mass is 35.5. The molecule has 5 nitrogen and oxygen atoms in total. The van der Waals surface area contributed by atoms with Gasteiger partial charge in [-0.25, -0.2) is 0 Å². The molecule has 0 aliphatic rings. The van der Waals surface area contributed by atoms with E-state index >= 15 is 0 Å². The largest absolute Gasteiger partial charge is 0.379 e. The summed E-state index contributed by atoms with van der Waals surface area (Å²) in [5.74, 6) is -0.209. The number of nitrogens with one attached hydrogen (secondary N) is 2. The first-order chi connectivity index (χ1) is 8.70. The third-order valence-corrected chi connectivity index (χ3v) is 3.20. The lowest BCUT2D eigenvalue weighted by Gasteiger charge is -2.08. The van der Waals surface area contributed by atoms with Crippen LogP contribution >= 0.6 is 23.1 Å². The van der Waals surface area contributed by atoms with Crippen LogP contribution in [0.25, 0.3) is 0 Å². The van der Waals surface area contributed by atoms with Crippen molar-refractivity contribution in [1.82, 2.24) is 14.9 Å². The Morgan fingerprint density at radius 3 is 3.00 bits per heavy atom. The van der Waals surface area contributed by atoms with Crippen molar-refractivity contribution >= 4 is 34.7 Å². The Labute approximate surface area is 113 Å². The highest BCUT2D eigenvalue weighted by Crippen LogP contribution is 2.20. The summed E-state index contributed by atoms with van der Waals surface area (Å²) in [5.41, 5.74) is 2.11. The van der Waals surface area contributed by atoms with Gasteiger partial charge in [0.2, 0.25) is 0 Å². The number of hydrogen-bond donors (Lipinski definition) is 2. The first kappa shape index (κ1) is 12.8. The third-order valence-electron chi connectivity index (χ3n) is 2.32. The number of benzene rings is 1. The Hall–Kier alpha value is -1.66. The Morgan fingerprint density at radius 1 is 1.50 bits per heavy atom. The van der Waals surface area contributed by atoms with E-state index in [1.807, 2.05) is 11.4 Å². The van der Waals surface area contributed by atoms with Crippen LogP contribution in [0.1, 0.15) is 16.1 Å². The van der Waals surface area contributed by atoms with E-state index < -0.39 is 0 Å². The molecule has 94 valence electrons. The van der Waals surface area contributed by atoms with E-state index in [4.69, 9.17) is 11.6 Å². The van der Waals surface area contributed by atoms with Crippen LogP contribution in [0.5, 0.6) is 0 Å². The van der Waals surface area contributed by atoms with Gasteiger partial charge in [0.1, 0.15) is 0 Å². The van der Waals surface area contributed by atoms with Gasteiger partial charge in [0.05, 0.1) is 22.8 Å². The van der Waals surface area contributed by atoms with E-state index in [0.29, 0.717) is 17.1 Å². The third kappa shape index (κ3) is 2.96. The monoisotopic (exact) mass is 282 g/mol. The van der Waals surface area contributed by atoms with Crippen LogP contribution in [-0.4, -0.2) is 22.5 Å². The van der Waals surface area contributed by atoms with Crippen molar-refractivity contribution in [1.29, 1.82) is 0 Å². The van der Waals surface area contributed by atoms with Gasteiger partial charge in [-0.3, -0.25) is 4.79 Å². The van der Waals surface area contributed by atoms with Gasteiger partial charge in [0.25, 0.3) is 5.91 Å². The minimum absolute atomic E-state index is 0.209. The first-order valence-corrected chi connectivity index (χ1v) is 6.43. The fourth-order valence-electron chi connectivity index (χ4n) is 1.40. The Bertz CT molecular complexity index is 544. The molecular formula is C11H11ClN4OS. The number of nitrogens with zero attached hydrogens (tertiary/aromatic N) is 2. The summed E-state index contributed by atoms with van der Waals surface area (Å²) in [6.45, 7) is 0.561. The number of rotatable bonds is 4. The van der Waals surface area contributed by atoms with Crippen LogP contribution in [0, 0.1) is 0 Å². The molecule has 2 rings (SSSR count). The number of aromatic nitrogens is 2. The fraction of sp³-hybridized carbons (Fsp3) is 0.182. The van der Waals surface area contributed by atoms with Crippen molar-refractivity contribution in [2.45, 2.75) is 6.54 Å². The molecule has 0 spiro atoms. The molecule has 0 radical (unpaired) electrons. The van der Waals surface area contributed by atoms with Crippen molar-refractivity contribution in [3.63, 3.8) is 0 Å². The van der Waals surface area contributed by atoms with Crippen molar-refractivity contribution < 1.29 is 4.79 Å². The summed E-state index contributed by atoms with van der Waals surface area (Å²) in [4.78, 5) is 11.6. The van der Waals surface area contributed by atoms with E-state index in [-0.39, 0.29) is 5.91 Å². The molecule has 1 amide bonds. The van der Waals surface area contributed by atoms with E-state index in [1.54, 1.807) is 19.2 Å². The molecular weight excluding hydrogens is 272 g/mol. The van der Waals surface area contributed by atoms with E-state index in [0.717, 1.165) is 11.4 Å². The molecule has 18 heavy (non-hydrogen) atoms. The summed E-state index contributed by atoms with van der Waals surface area (Å²) >= 11 is 7.26. The molecule has 0 aliphatic heterocycles. The summed E-state index contributed by atoms with van der Waals surface area (Å²) in [7, 11) is 1.57. The normalized spacial score (nSPS) is 10.1. The molecule has 0 saturated heterocycles.